The summed E-state index contributed by atoms with van der Waals surface area (Å²) in [6.07, 6.45) is 0.710. The Kier molecular flexibility index (Phi) is 6.10. The van der Waals surface area contributed by atoms with Crippen molar-refractivity contribution in [2.75, 3.05) is 18.5 Å². The van der Waals surface area contributed by atoms with Crippen LogP contribution in [0.25, 0.3) is 0 Å². The standard InChI is InChI=1S/C17H24N4OS/c1-12(2)13(3)18-16(22)11-21(4)17-19-15(20-23-17)10-14-8-6-5-7-9-14/h5-9,12-13H,10-11H2,1-4H3,(H,18,22)/t13-/m0/s1. The number of likely N-dealkylation sites (N-methyl/N-ethyl adjacent to an activating group) is 1. The molecule has 0 aliphatic heterocycles. The van der Waals surface area contributed by atoms with Gasteiger partial charge in [-0.05, 0) is 18.4 Å². The van der Waals surface area contributed by atoms with Crippen LogP contribution in [0.2, 0.25) is 0 Å². The molecule has 1 atom stereocenters. The van der Waals surface area contributed by atoms with Crippen molar-refractivity contribution in [3.05, 3.63) is 41.7 Å². The third kappa shape index (κ3) is 5.32. The molecule has 5 nitrogen and oxygen atoms in total. The van der Waals surface area contributed by atoms with Gasteiger partial charge in [0.2, 0.25) is 11.0 Å². The monoisotopic (exact) mass is 332 g/mol. The fourth-order valence-corrected chi connectivity index (χ4v) is 2.64. The maximum absolute atomic E-state index is 12.0. The van der Waals surface area contributed by atoms with Crippen molar-refractivity contribution in [1.29, 1.82) is 0 Å². The number of carbonyl (C=O) groups excluding carboxylic acids is 1. The highest BCUT2D eigenvalue weighted by Gasteiger charge is 2.15. The molecule has 0 spiro atoms. The highest BCUT2D eigenvalue weighted by molar-refractivity contribution is 7.09. The first-order chi connectivity index (χ1) is 11.0. The van der Waals surface area contributed by atoms with Gasteiger partial charge in [0.25, 0.3) is 0 Å². The molecular weight excluding hydrogens is 308 g/mol. The summed E-state index contributed by atoms with van der Waals surface area (Å²) in [5, 5.41) is 3.77. The summed E-state index contributed by atoms with van der Waals surface area (Å²) in [6, 6.07) is 10.3. The SMILES string of the molecule is CC(C)[C@H](C)NC(=O)CN(C)c1nc(Cc2ccccc2)ns1. The van der Waals surface area contributed by atoms with Crippen LogP contribution in [0.3, 0.4) is 0 Å². The molecule has 0 aliphatic carbocycles. The average molecular weight is 332 g/mol. The molecule has 2 aromatic rings. The highest BCUT2D eigenvalue weighted by atomic mass is 32.1. The van der Waals surface area contributed by atoms with Crippen LogP contribution in [0, 0.1) is 5.92 Å². The number of anilines is 1. The van der Waals surface area contributed by atoms with Gasteiger partial charge >= 0.3 is 0 Å². The summed E-state index contributed by atoms with van der Waals surface area (Å²) in [5.74, 6) is 1.22. The number of aromatic nitrogens is 2. The van der Waals surface area contributed by atoms with Crippen molar-refractivity contribution < 1.29 is 4.79 Å². The molecule has 0 radical (unpaired) electrons. The Morgan fingerprint density at radius 2 is 1.96 bits per heavy atom. The summed E-state index contributed by atoms with van der Waals surface area (Å²) >= 11 is 1.33. The molecule has 1 heterocycles. The molecule has 0 saturated carbocycles. The van der Waals surface area contributed by atoms with E-state index < -0.39 is 0 Å². The zero-order valence-electron chi connectivity index (χ0n) is 14.1. The first kappa shape index (κ1) is 17.4. The molecule has 1 aromatic heterocycles. The Morgan fingerprint density at radius 3 is 2.61 bits per heavy atom. The smallest absolute Gasteiger partial charge is 0.239 e. The highest BCUT2D eigenvalue weighted by Crippen LogP contribution is 2.17. The van der Waals surface area contributed by atoms with Crippen LogP contribution >= 0.6 is 11.5 Å². The number of benzene rings is 1. The minimum atomic E-state index is 0.00788. The van der Waals surface area contributed by atoms with Crippen LogP contribution < -0.4 is 10.2 Å². The lowest BCUT2D eigenvalue weighted by molar-refractivity contribution is -0.120. The van der Waals surface area contributed by atoms with E-state index in [0.29, 0.717) is 12.3 Å². The van der Waals surface area contributed by atoms with Gasteiger partial charge in [0, 0.05) is 31.0 Å². The first-order valence-corrected chi connectivity index (χ1v) is 8.60. The fourth-order valence-electron chi connectivity index (χ4n) is 2.00. The van der Waals surface area contributed by atoms with Gasteiger partial charge in [0.05, 0.1) is 6.54 Å². The van der Waals surface area contributed by atoms with E-state index >= 15 is 0 Å². The number of nitrogens with one attached hydrogen (secondary N) is 1. The zero-order chi connectivity index (χ0) is 16.8. The van der Waals surface area contributed by atoms with Crippen LogP contribution in [0.5, 0.6) is 0 Å². The van der Waals surface area contributed by atoms with Crippen LogP contribution in [-0.2, 0) is 11.2 Å². The van der Waals surface area contributed by atoms with Gasteiger partial charge in [-0.3, -0.25) is 4.79 Å². The van der Waals surface area contributed by atoms with Gasteiger partial charge in [-0.25, -0.2) is 4.98 Å². The predicted octanol–water partition coefficient (Wildman–Crippen LogP) is 2.73. The number of rotatable bonds is 7. The summed E-state index contributed by atoms with van der Waals surface area (Å²) in [5.41, 5.74) is 1.18. The summed E-state index contributed by atoms with van der Waals surface area (Å²) in [6.45, 7) is 6.49. The van der Waals surface area contributed by atoms with E-state index in [4.69, 9.17) is 0 Å². The number of hydrogen-bond donors (Lipinski definition) is 1. The summed E-state index contributed by atoms with van der Waals surface area (Å²) in [4.78, 5) is 18.4. The summed E-state index contributed by atoms with van der Waals surface area (Å²) < 4.78 is 4.39. The van der Waals surface area contributed by atoms with Gasteiger partial charge in [-0.2, -0.15) is 4.37 Å². The number of amides is 1. The fraction of sp³-hybridized carbons (Fsp3) is 0.471. The molecule has 0 saturated heterocycles. The molecule has 0 fully saturated rings. The third-order valence-electron chi connectivity index (χ3n) is 3.76. The van der Waals surface area contributed by atoms with E-state index in [1.807, 2.05) is 37.1 Å². The zero-order valence-corrected chi connectivity index (χ0v) is 14.9. The molecule has 1 N–H and O–H groups in total. The molecule has 0 aliphatic rings. The number of hydrogen-bond acceptors (Lipinski definition) is 5. The van der Waals surface area contributed by atoms with Crippen molar-refractivity contribution in [3.8, 4) is 0 Å². The van der Waals surface area contributed by atoms with Crippen molar-refractivity contribution in [3.63, 3.8) is 0 Å². The minimum absolute atomic E-state index is 0.00788. The minimum Gasteiger partial charge on any atom is -0.352 e. The topological polar surface area (TPSA) is 58.1 Å². The lowest BCUT2D eigenvalue weighted by Gasteiger charge is -2.20. The summed E-state index contributed by atoms with van der Waals surface area (Å²) in [7, 11) is 1.87. The van der Waals surface area contributed by atoms with Gasteiger partial charge in [0.1, 0.15) is 5.82 Å². The Morgan fingerprint density at radius 1 is 1.26 bits per heavy atom. The van der Waals surface area contributed by atoms with Crippen LogP contribution in [0.15, 0.2) is 30.3 Å². The van der Waals surface area contributed by atoms with Crippen molar-refractivity contribution >= 4 is 22.6 Å². The lowest BCUT2D eigenvalue weighted by atomic mass is 10.1. The van der Waals surface area contributed by atoms with E-state index in [1.165, 1.54) is 17.1 Å². The quantitative estimate of drug-likeness (QED) is 0.847. The van der Waals surface area contributed by atoms with Gasteiger partial charge in [-0.15, -0.1) is 0 Å². The molecule has 0 bridgehead atoms. The predicted molar refractivity (Wildman–Crippen MR) is 94.9 cm³/mol. The van der Waals surface area contributed by atoms with Crippen molar-refractivity contribution in [2.45, 2.75) is 33.2 Å². The van der Waals surface area contributed by atoms with E-state index in [-0.39, 0.29) is 18.5 Å². The second-order valence-electron chi connectivity index (χ2n) is 6.11. The largest absolute Gasteiger partial charge is 0.352 e. The maximum atomic E-state index is 12.0. The Balaban J connectivity index is 1.90. The van der Waals surface area contributed by atoms with Crippen LogP contribution in [0.1, 0.15) is 32.2 Å². The lowest BCUT2D eigenvalue weighted by Crippen LogP contribution is -2.41. The second kappa shape index (κ2) is 8.06. The van der Waals surface area contributed by atoms with Crippen LogP contribution in [0.4, 0.5) is 5.13 Å². The molecule has 124 valence electrons. The Hall–Kier alpha value is -1.95. The van der Waals surface area contributed by atoms with Gasteiger partial charge < -0.3 is 10.2 Å². The van der Waals surface area contributed by atoms with Crippen molar-refractivity contribution in [1.82, 2.24) is 14.7 Å². The second-order valence-corrected chi connectivity index (χ2v) is 6.84. The van der Waals surface area contributed by atoms with Crippen LogP contribution in [-0.4, -0.2) is 34.9 Å². The average Bonchev–Trinajstić information content (AvgIpc) is 2.96. The van der Waals surface area contributed by atoms with Gasteiger partial charge in [-0.1, -0.05) is 44.2 Å². The number of carbonyl (C=O) groups is 1. The van der Waals surface area contributed by atoms with Gasteiger partial charge in [0.15, 0.2) is 0 Å². The maximum Gasteiger partial charge on any atom is 0.239 e. The van der Waals surface area contributed by atoms with E-state index in [2.05, 4.69) is 40.7 Å². The number of nitrogens with zero attached hydrogens (tertiary/aromatic N) is 3. The molecule has 1 amide bonds. The molecule has 1 aromatic carbocycles. The van der Waals surface area contributed by atoms with E-state index in [1.54, 1.807) is 0 Å². The Bertz CT molecular complexity index is 627. The first-order valence-electron chi connectivity index (χ1n) is 7.82. The van der Waals surface area contributed by atoms with E-state index in [0.717, 1.165) is 11.0 Å². The molecular formula is C17H24N4OS. The Labute approximate surface area is 141 Å². The van der Waals surface area contributed by atoms with E-state index in [9.17, 15) is 4.79 Å². The third-order valence-corrected chi connectivity index (χ3v) is 4.63. The normalized spacial score (nSPS) is 12.2. The molecule has 23 heavy (non-hydrogen) atoms. The molecule has 0 unspecified atom stereocenters. The molecule has 2 rings (SSSR count). The molecule has 6 heteroatoms. The van der Waals surface area contributed by atoms with Crippen molar-refractivity contribution in [2.24, 2.45) is 5.92 Å².